The highest BCUT2D eigenvalue weighted by atomic mass is 19.1. The van der Waals surface area contributed by atoms with E-state index in [2.05, 4.69) is 12.2 Å². The first-order valence-corrected chi connectivity index (χ1v) is 6.90. The molecule has 0 aromatic heterocycles. The minimum absolute atomic E-state index is 0.144. The summed E-state index contributed by atoms with van der Waals surface area (Å²) >= 11 is 0. The van der Waals surface area contributed by atoms with Crippen LogP contribution >= 0.6 is 0 Å². The van der Waals surface area contributed by atoms with Gasteiger partial charge < -0.3 is 14.8 Å². The molecule has 1 aromatic rings. The Morgan fingerprint density at radius 2 is 2.37 bits per heavy atom. The van der Waals surface area contributed by atoms with Gasteiger partial charge in [-0.25, -0.2) is 4.39 Å². The van der Waals surface area contributed by atoms with E-state index >= 15 is 0 Å². The molecule has 4 heteroatoms. The lowest BCUT2D eigenvalue weighted by atomic mass is 9.88. The molecule has 1 heterocycles. The molecule has 2 atom stereocenters. The lowest BCUT2D eigenvalue weighted by Gasteiger charge is -2.31. The summed E-state index contributed by atoms with van der Waals surface area (Å²) < 4.78 is 24.3. The van der Waals surface area contributed by atoms with Crippen molar-refractivity contribution in [2.24, 2.45) is 5.92 Å². The highest BCUT2D eigenvalue weighted by Crippen LogP contribution is 2.31. The molecule has 1 fully saturated rings. The van der Waals surface area contributed by atoms with E-state index in [1.165, 1.54) is 7.11 Å². The number of nitrogens with one attached hydrogen (secondary N) is 1. The van der Waals surface area contributed by atoms with Crippen LogP contribution in [-0.2, 0) is 4.74 Å². The number of hydrogen-bond donors (Lipinski definition) is 1. The van der Waals surface area contributed by atoms with Gasteiger partial charge in [-0.2, -0.15) is 0 Å². The maximum Gasteiger partial charge on any atom is 0.165 e. The summed E-state index contributed by atoms with van der Waals surface area (Å²) in [6.07, 6.45) is 2.19. The van der Waals surface area contributed by atoms with Gasteiger partial charge >= 0.3 is 0 Å². The smallest absolute Gasteiger partial charge is 0.165 e. The molecule has 0 spiro atoms. The van der Waals surface area contributed by atoms with Gasteiger partial charge in [0.05, 0.1) is 13.7 Å². The summed E-state index contributed by atoms with van der Waals surface area (Å²) in [5, 5.41) is 3.45. The Kier molecular flexibility index (Phi) is 5.16. The summed E-state index contributed by atoms with van der Waals surface area (Å²) in [6.45, 7) is 4.50. The molecule has 2 rings (SSSR count). The Hall–Kier alpha value is -1.13. The van der Waals surface area contributed by atoms with E-state index in [1.54, 1.807) is 12.1 Å². The topological polar surface area (TPSA) is 30.5 Å². The lowest BCUT2D eigenvalue weighted by molar-refractivity contribution is 0.0392. The monoisotopic (exact) mass is 267 g/mol. The minimum atomic E-state index is -0.306. The predicted octanol–water partition coefficient (Wildman–Crippen LogP) is 2.91. The van der Waals surface area contributed by atoms with Gasteiger partial charge in [0.2, 0.25) is 0 Å². The van der Waals surface area contributed by atoms with Crippen LogP contribution in [0.4, 0.5) is 4.39 Å². The number of rotatable bonds is 5. The van der Waals surface area contributed by atoms with E-state index in [9.17, 15) is 4.39 Å². The fourth-order valence-electron chi connectivity index (χ4n) is 2.68. The van der Waals surface area contributed by atoms with Crippen molar-refractivity contribution < 1.29 is 13.9 Å². The van der Waals surface area contributed by atoms with E-state index in [0.29, 0.717) is 11.7 Å². The van der Waals surface area contributed by atoms with Gasteiger partial charge in [0.25, 0.3) is 0 Å². The second-order valence-electron chi connectivity index (χ2n) is 4.91. The summed E-state index contributed by atoms with van der Waals surface area (Å²) in [5.41, 5.74) is 0.968. The van der Waals surface area contributed by atoms with E-state index in [1.807, 2.05) is 6.07 Å². The number of methoxy groups -OCH3 is 1. The van der Waals surface area contributed by atoms with Crippen molar-refractivity contribution in [3.63, 3.8) is 0 Å². The Balaban J connectivity index is 2.19. The van der Waals surface area contributed by atoms with Crippen LogP contribution in [0.1, 0.15) is 31.4 Å². The van der Waals surface area contributed by atoms with Gasteiger partial charge in [-0.05, 0) is 37.1 Å². The third-order valence-electron chi connectivity index (χ3n) is 3.63. The van der Waals surface area contributed by atoms with Crippen molar-refractivity contribution in [2.75, 3.05) is 26.9 Å². The van der Waals surface area contributed by atoms with Gasteiger partial charge in [-0.3, -0.25) is 0 Å². The lowest BCUT2D eigenvalue weighted by Crippen LogP contribution is -2.33. The maximum atomic E-state index is 13.8. The molecule has 0 radical (unpaired) electrons. The second kappa shape index (κ2) is 6.87. The van der Waals surface area contributed by atoms with Crippen LogP contribution < -0.4 is 10.1 Å². The Labute approximate surface area is 114 Å². The molecular weight excluding hydrogens is 245 g/mol. The van der Waals surface area contributed by atoms with E-state index in [0.717, 1.165) is 38.2 Å². The molecule has 1 aromatic carbocycles. The van der Waals surface area contributed by atoms with Crippen molar-refractivity contribution in [2.45, 2.75) is 25.8 Å². The molecule has 3 nitrogen and oxygen atoms in total. The van der Waals surface area contributed by atoms with E-state index in [-0.39, 0.29) is 11.9 Å². The zero-order valence-electron chi connectivity index (χ0n) is 11.6. The molecule has 1 saturated heterocycles. The standard InChI is InChI=1S/C15H22FNO2/c1-3-17-15(12-5-4-8-19-10-12)11-6-7-14(18-2)13(16)9-11/h6-7,9,12,15,17H,3-5,8,10H2,1-2H3. The van der Waals surface area contributed by atoms with Crippen molar-refractivity contribution in [3.8, 4) is 5.75 Å². The van der Waals surface area contributed by atoms with Crippen molar-refractivity contribution >= 4 is 0 Å². The molecule has 2 unspecified atom stereocenters. The van der Waals surface area contributed by atoms with Gasteiger partial charge in [0.1, 0.15) is 0 Å². The summed E-state index contributed by atoms with van der Waals surface area (Å²) in [5.74, 6) is 0.389. The third kappa shape index (κ3) is 3.45. The molecule has 1 aliphatic heterocycles. The van der Waals surface area contributed by atoms with Gasteiger partial charge in [-0.1, -0.05) is 13.0 Å². The largest absolute Gasteiger partial charge is 0.494 e. The average Bonchev–Trinajstić information content (AvgIpc) is 2.45. The quantitative estimate of drug-likeness (QED) is 0.889. The second-order valence-corrected chi connectivity index (χ2v) is 4.91. The Morgan fingerprint density at radius 3 is 2.95 bits per heavy atom. The molecule has 0 aliphatic carbocycles. The number of hydrogen-bond acceptors (Lipinski definition) is 3. The number of halogens is 1. The fraction of sp³-hybridized carbons (Fsp3) is 0.600. The molecule has 0 bridgehead atoms. The van der Waals surface area contributed by atoms with Crippen LogP contribution in [0.3, 0.4) is 0 Å². The fourth-order valence-corrected chi connectivity index (χ4v) is 2.68. The van der Waals surface area contributed by atoms with Gasteiger partial charge in [0, 0.05) is 18.6 Å². The van der Waals surface area contributed by atoms with Crippen molar-refractivity contribution in [3.05, 3.63) is 29.6 Å². The molecule has 0 saturated carbocycles. The first-order chi connectivity index (χ1) is 9.26. The third-order valence-corrected chi connectivity index (χ3v) is 3.63. The molecule has 19 heavy (non-hydrogen) atoms. The van der Waals surface area contributed by atoms with Gasteiger partial charge in [0.15, 0.2) is 11.6 Å². The van der Waals surface area contributed by atoms with Crippen LogP contribution in [0.15, 0.2) is 18.2 Å². The number of benzene rings is 1. The molecule has 1 aliphatic rings. The summed E-state index contributed by atoms with van der Waals surface area (Å²) in [7, 11) is 1.48. The van der Waals surface area contributed by atoms with Crippen LogP contribution in [0, 0.1) is 11.7 Å². The Bertz CT molecular complexity index is 405. The predicted molar refractivity (Wildman–Crippen MR) is 72.9 cm³/mol. The first kappa shape index (κ1) is 14.3. The maximum absolute atomic E-state index is 13.8. The van der Waals surface area contributed by atoms with E-state index in [4.69, 9.17) is 9.47 Å². The van der Waals surface area contributed by atoms with Crippen molar-refractivity contribution in [1.82, 2.24) is 5.32 Å². The summed E-state index contributed by atoms with van der Waals surface area (Å²) in [4.78, 5) is 0. The Morgan fingerprint density at radius 1 is 1.53 bits per heavy atom. The van der Waals surface area contributed by atoms with Crippen molar-refractivity contribution in [1.29, 1.82) is 0 Å². The van der Waals surface area contributed by atoms with Crippen LogP contribution in [0.25, 0.3) is 0 Å². The highest BCUT2D eigenvalue weighted by Gasteiger charge is 2.25. The zero-order chi connectivity index (χ0) is 13.7. The van der Waals surface area contributed by atoms with E-state index < -0.39 is 0 Å². The normalized spacial score (nSPS) is 21.1. The molecule has 106 valence electrons. The molecular formula is C15H22FNO2. The minimum Gasteiger partial charge on any atom is -0.494 e. The zero-order valence-corrected chi connectivity index (χ0v) is 11.6. The average molecular weight is 267 g/mol. The number of ether oxygens (including phenoxy) is 2. The van der Waals surface area contributed by atoms with Crippen LogP contribution in [0.2, 0.25) is 0 Å². The van der Waals surface area contributed by atoms with Crippen LogP contribution in [0.5, 0.6) is 5.75 Å². The SMILES string of the molecule is CCNC(c1ccc(OC)c(F)c1)C1CCCOC1. The molecule has 0 amide bonds. The molecule has 1 N–H and O–H groups in total. The van der Waals surface area contributed by atoms with Gasteiger partial charge in [-0.15, -0.1) is 0 Å². The first-order valence-electron chi connectivity index (χ1n) is 6.90. The highest BCUT2D eigenvalue weighted by molar-refractivity contribution is 5.31. The summed E-state index contributed by atoms with van der Waals surface area (Å²) in [6, 6.07) is 5.34. The van der Waals surface area contributed by atoms with Crippen LogP contribution in [-0.4, -0.2) is 26.9 Å².